The van der Waals surface area contributed by atoms with Crippen molar-refractivity contribution >= 4 is 44.7 Å². The van der Waals surface area contributed by atoms with E-state index in [2.05, 4.69) is 15.9 Å². The molecule has 0 radical (unpaired) electrons. The number of halogens is 2. The summed E-state index contributed by atoms with van der Waals surface area (Å²) in [5.74, 6) is -0.0735. The zero-order valence-corrected chi connectivity index (χ0v) is 10.9. The molecule has 0 aliphatic rings. The largest absolute Gasteiger partial charge is 0.457 e. The van der Waals surface area contributed by atoms with Crippen LogP contribution in [0.2, 0.25) is 4.34 Å². The number of furan rings is 1. The number of hydrogen-bond donors (Lipinski definition) is 0. The Labute approximate surface area is 104 Å². The van der Waals surface area contributed by atoms with Crippen molar-refractivity contribution in [3.8, 4) is 0 Å². The zero-order valence-electron chi connectivity index (χ0n) is 7.71. The maximum atomic E-state index is 12.0. The number of carbonyl (C=O) groups is 1. The molecule has 0 N–H and O–H groups in total. The molecule has 0 aliphatic carbocycles. The van der Waals surface area contributed by atoms with Crippen LogP contribution < -0.4 is 0 Å². The Morgan fingerprint density at radius 1 is 1.60 bits per heavy atom. The van der Waals surface area contributed by atoms with Crippen molar-refractivity contribution in [2.45, 2.75) is 6.92 Å². The summed E-state index contributed by atoms with van der Waals surface area (Å²) in [6.07, 6.45) is 1.47. The third-order valence-corrected chi connectivity index (χ3v) is 4.11. The van der Waals surface area contributed by atoms with E-state index in [0.717, 1.165) is 5.56 Å². The molecule has 2 aromatic rings. The van der Waals surface area contributed by atoms with Crippen LogP contribution >= 0.6 is 38.9 Å². The van der Waals surface area contributed by atoms with Crippen LogP contribution in [0.5, 0.6) is 0 Å². The second-order valence-electron chi connectivity index (χ2n) is 3.00. The average molecular weight is 306 g/mol. The van der Waals surface area contributed by atoms with Crippen molar-refractivity contribution in [2.24, 2.45) is 0 Å². The predicted octanol–water partition coefficient (Wildman–Crippen LogP) is 4.30. The summed E-state index contributed by atoms with van der Waals surface area (Å²) < 4.78 is 6.12. The van der Waals surface area contributed by atoms with Gasteiger partial charge in [0.1, 0.15) is 0 Å². The Bertz CT molecular complexity index is 496. The second-order valence-corrected chi connectivity index (χ2v) is 5.38. The lowest BCUT2D eigenvalue weighted by Crippen LogP contribution is -1.96. The number of carbonyl (C=O) groups excluding carboxylic acids is 1. The first kappa shape index (κ1) is 10.9. The first-order chi connectivity index (χ1) is 7.09. The van der Waals surface area contributed by atoms with Crippen molar-refractivity contribution in [1.82, 2.24) is 0 Å². The fraction of sp³-hybridized carbons (Fsp3) is 0.100. The van der Waals surface area contributed by atoms with Crippen LogP contribution in [0.1, 0.15) is 20.8 Å². The first-order valence-electron chi connectivity index (χ1n) is 4.13. The van der Waals surface area contributed by atoms with E-state index in [4.69, 9.17) is 16.0 Å². The molecule has 0 saturated carbocycles. The Hall–Kier alpha value is -0.580. The molecule has 2 aromatic heterocycles. The highest BCUT2D eigenvalue weighted by Crippen LogP contribution is 2.30. The van der Waals surface area contributed by atoms with Crippen molar-refractivity contribution in [3.05, 3.63) is 43.4 Å². The van der Waals surface area contributed by atoms with E-state index in [0.29, 0.717) is 19.4 Å². The standard InChI is InChI=1S/C10H6BrClO2S/c1-5-4-7(15-10(5)12)8(13)6-2-3-14-9(6)11/h2-4H,1H3. The van der Waals surface area contributed by atoms with Crippen LogP contribution in [0.25, 0.3) is 0 Å². The molecule has 15 heavy (non-hydrogen) atoms. The SMILES string of the molecule is Cc1cc(C(=O)c2ccoc2Br)sc1Cl. The molecule has 5 heteroatoms. The van der Waals surface area contributed by atoms with E-state index in [-0.39, 0.29) is 5.78 Å². The van der Waals surface area contributed by atoms with Gasteiger partial charge in [-0.3, -0.25) is 4.79 Å². The van der Waals surface area contributed by atoms with Crippen molar-refractivity contribution < 1.29 is 9.21 Å². The lowest BCUT2D eigenvalue weighted by Gasteiger charge is -1.92. The molecule has 2 rings (SSSR count). The molecule has 0 aliphatic heterocycles. The maximum Gasteiger partial charge on any atom is 0.207 e. The van der Waals surface area contributed by atoms with Crippen LogP contribution in [-0.4, -0.2) is 5.78 Å². The maximum absolute atomic E-state index is 12.0. The first-order valence-corrected chi connectivity index (χ1v) is 6.12. The van der Waals surface area contributed by atoms with E-state index < -0.39 is 0 Å². The number of thiophene rings is 1. The van der Waals surface area contributed by atoms with Gasteiger partial charge >= 0.3 is 0 Å². The van der Waals surface area contributed by atoms with Gasteiger partial charge in [-0.25, -0.2) is 0 Å². The molecule has 0 amide bonds. The fourth-order valence-electron chi connectivity index (χ4n) is 1.16. The highest BCUT2D eigenvalue weighted by molar-refractivity contribution is 9.10. The highest BCUT2D eigenvalue weighted by atomic mass is 79.9. The van der Waals surface area contributed by atoms with Gasteiger partial charge in [-0.05, 0) is 40.5 Å². The third-order valence-electron chi connectivity index (χ3n) is 1.94. The van der Waals surface area contributed by atoms with Crippen molar-refractivity contribution in [3.63, 3.8) is 0 Å². The normalized spacial score (nSPS) is 10.6. The zero-order chi connectivity index (χ0) is 11.0. The molecule has 0 fully saturated rings. The molecule has 2 nitrogen and oxygen atoms in total. The van der Waals surface area contributed by atoms with E-state index in [1.165, 1.54) is 17.6 Å². The lowest BCUT2D eigenvalue weighted by atomic mass is 10.2. The molecule has 0 unspecified atom stereocenters. The predicted molar refractivity (Wildman–Crippen MR) is 63.9 cm³/mol. The molecule has 2 heterocycles. The fourth-order valence-corrected chi connectivity index (χ4v) is 2.74. The number of aryl methyl sites for hydroxylation is 1. The summed E-state index contributed by atoms with van der Waals surface area (Å²) in [5, 5.41) is 0. The Morgan fingerprint density at radius 2 is 2.33 bits per heavy atom. The van der Waals surface area contributed by atoms with E-state index in [1.54, 1.807) is 12.1 Å². The van der Waals surface area contributed by atoms with Crippen LogP contribution in [0.15, 0.2) is 27.5 Å². The van der Waals surface area contributed by atoms with Gasteiger partial charge in [0.15, 0.2) is 4.67 Å². The molecule has 0 saturated heterocycles. The number of rotatable bonds is 2. The summed E-state index contributed by atoms with van der Waals surface area (Å²) in [6.45, 7) is 1.88. The van der Waals surface area contributed by atoms with Crippen LogP contribution in [0, 0.1) is 6.92 Å². The van der Waals surface area contributed by atoms with Crippen LogP contribution in [-0.2, 0) is 0 Å². The molecule has 78 valence electrons. The Balaban J connectivity index is 2.41. The third kappa shape index (κ3) is 2.02. The monoisotopic (exact) mass is 304 g/mol. The smallest absolute Gasteiger partial charge is 0.207 e. The molecule has 0 atom stereocenters. The summed E-state index contributed by atoms with van der Waals surface area (Å²) >= 11 is 10.4. The summed E-state index contributed by atoms with van der Waals surface area (Å²) in [6, 6.07) is 3.42. The van der Waals surface area contributed by atoms with E-state index in [1.807, 2.05) is 6.92 Å². The minimum absolute atomic E-state index is 0.0735. The molecule has 0 spiro atoms. The highest BCUT2D eigenvalue weighted by Gasteiger charge is 2.17. The van der Waals surface area contributed by atoms with Crippen molar-refractivity contribution in [2.75, 3.05) is 0 Å². The van der Waals surface area contributed by atoms with Crippen LogP contribution in [0.3, 0.4) is 0 Å². The summed E-state index contributed by atoms with van der Waals surface area (Å²) in [7, 11) is 0. The minimum Gasteiger partial charge on any atom is -0.457 e. The molecular formula is C10H6BrClO2S. The quantitative estimate of drug-likeness (QED) is 0.775. The average Bonchev–Trinajstić information content (AvgIpc) is 2.74. The van der Waals surface area contributed by atoms with Crippen molar-refractivity contribution in [1.29, 1.82) is 0 Å². The number of ketones is 1. The molecule has 0 bridgehead atoms. The van der Waals surface area contributed by atoms with E-state index in [9.17, 15) is 4.79 Å². The van der Waals surface area contributed by atoms with Gasteiger partial charge in [-0.2, -0.15) is 0 Å². The minimum atomic E-state index is -0.0735. The molecule has 0 aromatic carbocycles. The lowest BCUT2D eigenvalue weighted by molar-refractivity contribution is 0.104. The van der Waals surface area contributed by atoms with Gasteiger partial charge < -0.3 is 4.42 Å². The summed E-state index contributed by atoms with van der Waals surface area (Å²) in [4.78, 5) is 12.6. The summed E-state index contributed by atoms with van der Waals surface area (Å²) in [5.41, 5.74) is 1.44. The topological polar surface area (TPSA) is 30.2 Å². The Morgan fingerprint density at radius 3 is 2.80 bits per heavy atom. The second kappa shape index (κ2) is 4.12. The van der Waals surface area contributed by atoms with Crippen LogP contribution in [0.4, 0.5) is 0 Å². The van der Waals surface area contributed by atoms with Gasteiger partial charge in [0.25, 0.3) is 0 Å². The van der Waals surface area contributed by atoms with E-state index >= 15 is 0 Å². The Kier molecular flexibility index (Phi) is 3.00. The molecular weight excluding hydrogens is 300 g/mol. The van der Waals surface area contributed by atoms with Gasteiger partial charge in [-0.1, -0.05) is 11.6 Å². The number of hydrogen-bond acceptors (Lipinski definition) is 3. The van der Waals surface area contributed by atoms with Gasteiger partial charge in [0.2, 0.25) is 5.78 Å². The van der Waals surface area contributed by atoms with Gasteiger partial charge in [0.05, 0.1) is 21.0 Å². The van der Waals surface area contributed by atoms with Gasteiger partial charge in [0, 0.05) is 0 Å². The van der Waals surface area contributed by atoms with Gasteiger partial charge in [-0.15, -0.1) is 11.3 Å².